The molecular formula is C16H28N2O. The second-order valence-electron chi connectivity index (χ2n) is 5.22. The van der Waals surface area contributed by atoms with E-state index < -0.39 is 0 Å². The summed E-state index contributed by atoms with van der Waals surface area (Å²) in [7, 11) is 1.70. The predicted molar refractivity (Wildman–Crippen MR) is 81.5 cm³/mol. The third-order valence-electron chi connectivity index (χ3n) is 3.70. The van der Waals surface area contributed by atoms with Crippen molar-refractivity contribution >= 4 is 0 Å². The molecule has 1 aromatic carbocycles. The summed E-state index contributed by atoms with van der Waals surface area (Å²) in [6.07, 6.45) is 0.963. The minimum absolute atomic E-state index is 0.134. The molecule has 2 N–H and O–H groups in total. The van der Waals surface area contributed by atoms with E-state index >= 15 is 0 Å². The van der Waals surface area contributed by atoms with Crippen LogP contribution in [0.4, 0.5) is 0 Å². The van der Waals surface area contributed by atoms with Gasteiger partial charge in [-0.15, -0.1) is 0 Å². The number of hydrogen-bond donors (Lipinski definition) is 1. The maximum absolute atomic E-state index is 6.37. The summed E-state index contributed by atoms with van der Waals surface area (Å²) in [4.78, 5) is 2.45. The Morgan fingerprint density at radius 3 is 2.42 bits per heavy atom. The van der Waals surface area contributed by atoms with Crippen LogP contribution < -0.4 is 10.5 Å². The number of nitrogens with two attached hydrogens (primary N) is 1. The molecule has 3 nitrogen and oxygen atoms in total. The maximum Gasteiger partial charge on any atom is 0.119 e. The van der Waals surface area contributed by atoms with Crippen LogP contribution in [0.15, 0.2) is 24.3 Å². The molecule has 3 heteroatoms. The lowest BCUT2D eigenvalue weighted by Crippen LogP contribution is -2.44. The second-order valence-corrected chi connectivity index (χ2v) is 5.22. The third kappa shape index (κ3) is 3.95. The van der Waals surface area contributed by atoms with Crippen LogP contribution in [0, 0.1) is 0 Å². The average Bonchev–Trinajstić information content (AvgIpc) is 2.43. The van der Waals surface area contributed by atoms with Crippen LogP contribution in [0.25, 0.3) is 0 Å². The number of benzene rings is 1. The molecule has 2 atom stereocenters. The van der Waals surface area contributed by atoms with E-state index in [9.17, 15) is 0 Å². The number of ether oxygens (including phenoxy) is 1. The fraction of sp³-hybridized carbons (Fsp3) is 0.625. The molecule has 0 heterocycles. The Morgan fingerprint density at radius 2 is 1.95 bits per heavy atom. The zero-order valence-corrected chi connectivity index (χ0v) is 12.9. The largest absolute Gasteiger partial charge is 0.497 e. The minimum atomic E-state index is 0.134. The van der Waals surface area contributed by atoms with E-state index in [2.05, 4.69) is 44.7 Å². The van der Waals surface area contributed by atoms with Crippen molar-refractivity contribution in [2.24, 2.45) is 5.73 Å². The molecule has 0 bridgehead atoms. The van der Waals surface area contributed by atoms with E-state index in [1.165, 1.54) is 5.56 Å². The molecule has 0 saturated carbocycles. The highest BCUT2D eigenvalue weighted by Gasteiger charge is 2.26. The summed E-state index contributed by atoms with van der Waals surface area (Å²) in [6.45, 7) is 9.77. The molecule has 0 aliphatic carbocycles. The van der Waals surface area contributed by atoms with Gasteiger partial charge in [0.25, 0.3) is 0 Å². The van der Waals surface area contributed by atoms with Crippen molar-refractivity contribution in [2.45, 2.75) is 52.2 Å². The lowest BCUT2D eigenvalue weighted by molar-refractivity contribution is 0.138. The lowest BCUT2D eigenvalue weighted by atomic mass is 9.95. The summed E-state index contributed by atoms with van der Waals surface area (Å²) in [6, 6.07) is 9.11. The van der Waals surface area contributed by atoms with Gasteiger partial charge in [0.1, 0.15) is 5.75 Å². The Balaban J connectivity index is 3.14. The number of likely N-dealkylation sites (N-methyl/N-ethyl adjacent to an activating group) is 1. The van der Waals surface area contributed by atoms with Crippen molar-refractivity contribution in [3.63, 3.8) is 0 Å². The minimum Gasteiger partial charge on any atom is -0.497 e. The van der Waals surface area contributed by atoms with Crippen molar-refractivity contribution < 1.29 is 4.74 Å². The number of methoxy groups -OCH3 is 1. The molecule has 0 aliphatic rings. The molecule has 0 saturated heterocycles. The summed E-state index contributed by atoms with van der Waals surface area (Å²) < 4.78 is 5.33. The molecule has 1 rings (SSSR count). The molecule has 108 valence electrons. The van der Waals surface area contributed by atoms with Gasteiger partial charge in [-0.2, -0.15) is 0 Å². The van der Waals surface area contributed by atoms with Crippen LogP contribution in [-0.4, -0.2) is 30.6 Å². The smallest absolute Gasteiger partial charge is 0.119 e. The quantitative estimate of drug-likeness (QED) is 0.822. The van der Waals surface area contributed by atoms with E-state index in [-0.39, 0.29) is 12.1 Å². The van der Waals surface area contributed by atoms with E-state index in [1.807, 2.05) is 12.1 Å². The normalized spacial score (nSPS) is 14.7. The van der Waals surface area contributed by atoms with Gasteiger partial charge in [-0.05, 0) is 44.5 Å². The van der Waals surface area contributed by atoms with Crippen molar-refractivity contribution in [3.05, 3.63) is 29.8 Å². The van der Waals surface area contributed by atoms with Gasteiger partial charge in [-0.1, -0.05) is 26.0 Å². The van der Waals surface area contributed by atoms with Gasteiger partial charge in [0.15, 0.2) is 0 Å². The molecule has 0 spiro atoms. The van der Waals surface area contributed by atoms with Gasteiger partial charge in [-0.25, -0.2) is 0 Å². The Hall–Kier alpha value is -1.06. The van der Waals surface area contributed by atoms with Gasteiger partial charge in [-0.3, -0.25) is 4.90 Å². The van der Waals surface area contributed by atoms with Crippen molar-refractivity contribution in [2.75, 3.05) is 13.7 Å². The Labute approximate surface area is 117 Å². The van der Waals surface area contributed by atoms with Crippen LogP contribution in [0.2, 0.25) is 0 Å². The topological polar surface area (TPSA) is 38.5 Å². The predicted octanol–water partition coefficient (Wildman–Crippen LogP) is 3.20. The van der Waals surface area contributed by atoms with Gasteiger partial charge >= 0.3 is 0 Å². The first-order valence-electron chi connectivity index (χ1n) is 7.20. The first kappa shape index (κ1) is 16.0. The molecule has 0 amide bonds. The SMILES string of the molecule is CCC(N)C(c1cccc(OC)c1)N(CC)C(C)C. The zero-order valence-electron chi connectivity index (χ0n) is 12.9. The number of hydrogen-bond acceptors (Lipinski definition) is 3. The molecule has 0 radical (unpaired) electrons. The Bertz CT molecular complexity index is 379. The van der Waals surface area contributed by atoms with Crippen LogP contribution in [0.3, 0.4) is 0 Å². The highest BCUT2D eigenvalue weighted by molar-refractivity contribution is 5.31. The van der Waals surface area contributed by atoms with E-state index in [0.29, 0.717) is 6.04 Å². The van der Waals surface area contributed by atoms with E-state index in [4.69, 9.17) is 10.5 Å². The number of nitrogens with zero attached hydrogens (tertiary/aromatic N) is 1. The van der Waals surface area contributed by atoms with Gasteiger partial charge in [0.2, 0.25) is 0 Å². The summed E-state index contributed by atoms with van der Waals surface area (Å²) in [5.74, 6) is 0.894. The summed E-state index contributed by atoms with van der Waals surface area (Å²) in [5.41, 5.74) is 7.61. The van der Waals surface area contributed by atoms with Gasteiger partial charge in [0.05, 0.1) is 13.2 Å². The summed E-state index contributed by atoms with van der Waals surface area (Å²) >= 11 is 0. The van der Waals surface area contributed by atoms with E-state index in [0.717, 1.165) is 18.7 Å². The monoisotopic (exact) mass is 264 g/mol. The molecule has 19 heavy (non-hydrogen) atoms. The molecular weight excluding hydrogens is 236 g/mol. The molecule has 1 aromatic rings. The van der Waals surface area contributed by atoms with Crippen LogP contribution in [0.1, 0.15) is 45.7 Å². The van der Waals surface area contributed by atoms with Crippen LogP contribution in [-0.2, 0) is 0 Å². The van der Waals surface area contributed by atoms with Crippen LogP contribution >= 0.6 is 0 Å². The molecule has 0 aliphatic heterocycles. The second kappa shape index (κ2) is 7.51. The molecule has 0 aromatic heterocycles. The van der Waals surface area contributed by atoms with Gasteiger partial charge < -0.3 is 10.5 Å². The Morgan fingerprint density at radius 1 is 1.26 bits per heavy atom. The van der Waals surface area contributed by atoms with Crippen molar-refractivity contribution in [1.29, 1.82) is 0 Å². The van der Waals surface area contributed by atoms with E-state index in [1.54, 1.807) is 7.11 Å². The maximum atomic E-state index is 6.37. The highest BCUT2D eigenvalue weighted by Crippen LogP contribution is 2.29. The standard InChI is InChI=1S/C16H28N2O/c1-6-15(17)16(18(7-2)12(3)4)13-9-8-10-14(11-13)19-5/h8-12,15-16H,6-7,17H2,1-5H3. The summed E-state index contributed by atoms with van der Waals surface area (Å²) in [5, 5.41) is 0. The number of rotatable bonds is 7. The fourth-order valence-corrected chi connectivity index (χ4v) is 2.62. The first-order valence-corrected chi connectivity index (χ1v) is 7.20. The highest BCUT2D eigenvalue weighted by atomic mass is 16.5. The van der Waals surface area contributed by atoms with Gasteiger partial charge in [0, 0.05) is 12.1 Å². The lowest BCUT2D eigenvalue weighted by Gasteiger charge is -2.37. The molecule has 2 unspecified atom stereocenters. The first-order chi connectivity index (χ1) is 9.04. The molecule has 0 fully saturated rings. The Kier molecular flexibility index (Phi) is 6.32. The zero-order chi connectivity index (χ0) is 14.4. The average molecular weight is 264 g/mol. The van der Waals surface area contributed by atoms with Crippen molar-refractivity contribution in [3.8, 4) is 5.75 Å². The third-order valence-corrected chi connectivity index (χ3v) is 3.70. The van der Waals surface area contributed by atoms with Crippen molar-refractivity contribution in [1.82, 2.24) is 4.90 Å². The van der Waals surface area contributed by atoms with Crippen LogP contribution in [0.5, 0.6) is 5.75 Å². The fourth-order valence-electron chi connectivity index (χ4n) is 2.62.